The molecule has 1 fully saturated rings. The van der Waals surface area contributed by atoms with E-state index in [1.807, 2.05) is 12.1 Å². The smallest absolute Gasteiger partial charge is 0.236 e. The molecule has 1 amide bonds. The van der Waals surface area contributed by atoms with Crippen molar-refractivity contribution in [3.8, 4) is 0 Å². The number of nitrogens with one attached hydrogen (secondary N) is 1. The molecule has 2 heterocycles. The first kappa shape index (κ1) is 17.7. The van der Waals surface area contributed by atoms with Crippen LogP contribution in [0.5, 0.6) is 0 Å². The molecule has 1 aliphatic heterocycles. The van der Waals surface area contributed by atoms with Crippen LogP contribution in [0, 0.1) is 0 Å². The molecule has 0 saturated carbocycles. The van der Waals surface area contributed by atoms with E-state index in [4.69, 9.17) is 5.73 Å². The molecule has 1 atom stereocenters. The van der Waals surface area contributed by atoms with Crippen molar-refractivity contribution in [1.29, 1.82) is 0 Å². The fourth-order valence-electron chi connectivity index (χ4n) is 2.13. The number of halogens is 1. The van der Waals surface area contributed by atoms with E-state index in [1.54, 1.807) is 13.1 Å². The number of hydrogen-bond acceptors (Lipinski definition) is 5. The molecule has 21 heavy (non-hydrogen) atoms. The van der Waals surface area contributed by atoms with Gasteiger partial charge in [-0.1, -0.05) is 0 Å². The van der Waals surface area contributed by atoms with Crippen LogP contribution in [-0.4, -0.2) is 55.1 Å². The Morgan fingerprint density at radius 3 is 2.71 bits per heavy atom. The van der Waals surface area contributed by atoms with Gasteiger partial charge >= 0.3 is 0 Å². The van der Waals surface area contributed by atoms with E-state index in [1.165, 1.54) is 0 Å². The fourth-order valence-corrected chi connectivity index (χ4v) is 2.13. The summed E-state index contributed by atoms with van der Waals surface area (Å²) >= 11 is 0. The highest BCUT2D eigenvalue weighted by atomic mass is 35.5. The standard InChI is InChI=1S/C14H23N5O.ClH/c1-11(15)14(20)17-10-12-3-4-16-13(9-12)19-7-5-18(2)6-8-19;/h3-4,9,11H,5-8,10,15H2,1-2H3,(H,17,20);1H. The van der Waals surface area contributed by atoms with Crippen molar-refractivity contribution in [3.63, 3.8) is 0 Å². The number of nitrogens with two attached hydrogens (primary N) is 1. The average Bonchev–Trinajstić information content (AvgIpc) is 2.45. The maximum Gasteiger partial charge on any atom is 0.236 e. The highest BCUT2D eigenvalue weighted by Crippen LogP contribution is 2.14. The summed E-state index contributed by atoms with van der Waals surface area (Å²) < 4.78 is 0. The van der Waals surface area contributed by atoms with Crippen LogP contribution < -0.4 is 16.0 Å². The lowest BCUT2D eigenvalue weighted by atomic mass is 10.2. The molecule has 1 aromatic heterocycles. The topological polar surface area (TPSA) is 74.5 Å². The van der Waals surface area contributed by atoms with E-state index >= 15 is 0 Å². The normalized spacial score (nSPS) is 17.0. The van der Waals surface area contributed by atoms with Crippen molar-refractivity contribution in [3.05, 3.63) is 23.9 Å². The third kappa shape index (κ3) is 5.15. The molecule has 0 spiro atoms. The molecule has 1 saturated heterocycles. The van der Waals surface area contributed by atoms with Gasteiger partial charge in [0.15, 0.2) is 0 Å². The van der Waals surface area contributed by atoms with E-state index < -0.39 is 6.04 Å². The zero-order chi connectivity index (χ0) is 14.5. The summed E-state index contributed by atoms with van der Waals surface area (Å²) in [5, 5.41) is 2.82. The largest absolute Gasteiger partial charge is 0.354 e. The second-order valence-electron chi connectivity index (χ2n) is 5.32. The summed E-state index contributed by atoms with van der Waals surface area (Å²) in [7, 11) is 2.13. The maximum absolute atomic E-state index is 11.5. The minimum absolute atomic E-state index is 0. The number of rotatable bonds is 4. The summed E-state index contributed by atoms with van der Waals surface area (Å²) in [6, 6.07) is 3.47. The average molecular weight is 314 g/mol. The number of likely N-dealkylation sites (N-methyl/N-ethyl adjacent to an activating group) is 1. The number of pyridine rings is 1. The Labute approximate surface area is 132 Å². The van der Waals surface area contributed by atoms with Gasteiger partial charge in [0.05, 0.1) is 6.04 Å². The molecule has 118 valence electrons. The lowest BCUT2D eigenvalue weighted by Crippen LogP contribution is -2.44. The van der Waals surface area contributed by atoms with E-state index in [-0.39, 0.29) is 18.3 Å². The van der Waals surface area contributed by atoms with E-state index in [0.717, 1.165) is 37.6 Å². The number of hydrogen-bond donors (Lipinski definition) is 2. The number of piperazine rings is 1. The summed E-state index contributed by atoms with van der Waals surface area (Å²) in [5.41, 5.74) is 6.57. The second-order valence-corrected chi connectivity index (χ2v) is 5.32. The van der Waals surface area contributed by atoms with Gasteiger partial charge in [0.2, 0.25) is 5.91 Å². The molecule has 0 bridgehead atoms. The zero-order valence-electron chi connectivity index (χ0n) is 12.6. The Morgan fingerprint density at radius 1 is 1.43 bits per heavy atom. The first-order chi connectivity index (χ1) is 9.56. The molecular weight excluding hydrogens is 290 g/mol. The highest BCUT2D eigenvalue weighted by Gasteiger charge is 2.15. The summed E-state index contributed by atoms with van der Waals surface area (Å²) in [6.45, 7) is 6.24. The van der Waals surface area contributed by atoms with E-state index in [0.29, 0.717) is 6.54 Å². The lowest BCUT2D eigenvalue weighted by Gasteiger charge is -2.33. The Hall–Kier alpha value is -1.37. The molecule has 1 aliphatic rings. The van der Waals surface area contributed by atoms with Gasteiger partial charge in [-0.15, -0.1) is 12.4 Å². The first-order valence-corrected chi connectivity index (χ1v) is 6.98. The fraction of sp³-hybridized carbons (Fsp3) is 0.571. The second kappa shape index (κ2) is 8.17. The molecule has 6 nitrogen and oxygen atoms in total. The van der Waals surface area contributed by atoms with Gasteiger partial charge in [0.1, 0.15) is 5.82 Å². The van der Waals surface area contributed by atoms with Crippen molar-refractivity contribution in [1.82, 2.24) is 15.2 Å². The number of nitrogens with zero attached hydrogens (tertiary/aromatic N) is 3. The van der Waals surface area contributed by atoms with Gasteiger partial charge in [0, 0.05) is 38.9 Å². The molecule has 0 aliphatic carbocycles. The van der Waals surface area contributed by atoms with Gasteiger partial charge in [-0.2, -0.15) is 0 Å². The van der Waals surface area contributed by atoms with Crippen LogP contribution in [0.4, 0.5) is 5.82 Å². The van der Waals surface area contributed by atoms with Crippen molar-refractivity contribution in [2.75, 3.05) is 38.1 Å². The molecule has 1 unspecified atom stereocenters. The Balaban J connectivity index is 0.00000220. The Morgan fingerprint density at radius 2 is 2.10 bits per heavy atom. The van der Waals surface area contributed by atoms with Gasteiger partial charge in [-0.05, 0) is 31.7 Å². The lowest BCUT2D eigenvalue weighted by molar-refractivity contribution is -0.122. The third-order valence-electron chi connectivity index (χ3n) is 3.52. The van der Waals surface area contributed by atoms with Crippen LogP contribution in [0.3, 0.4) is 0 Å². The van der Waals surface area contributed by atoms with Crippen LogP contribution in [-0.2, 0) is 11.3 Å². The number of amides is 1. The molecule has 1 aromatic rings. The van der Waals surface area contributed by atoms with Crippen molar-refractivity contribution >= 4 is 24.1 Å². The van der Waals surface area contributed by atoms with E-state index in [9.17, 15) is 4.79 Å². The summed E-state index contributed by atoms with van der Waals surface area (Å²) in [4.78, 5) is 20.5. The van der Waals surface area contributed by atoms with Crippen LogP contribution >= 0.6 is 12.4 Å². The van der Waals surface area contributed by atoms with Crippen molar-refractivity contribution in [2.45, 2.75) is 19.5 Å². The molecule has 0 aromatic carbocycles. The Kier molecular flexibility index (Phi) is 6.87. The highest BCUT2D eigenvalue weighted by molar-refractivity contribution is 5.85. The minimum Gasteiger partial charge on any atom is -0.354 e. The van der Waals surface area contributed by atoms with Gasteiger partial charge in [-0.25, -0.2) is 4.98 Å². The first-order valence-electron chi connectivity index (χ1n) is 6.98. The van der Waals surface area contributed by atoms with Crippen molar-refractivity contribution in [2.24, 2.45) is 5.73 Å². The quantitative estimate of drug-likeness (QED) is 0.832. The zero-order valence-corrected chi connectivity index (χ0v) is 13.4. The van der Waals surface area contributed by atoms with Crippen LogP contribution in [0.25, 0.3) is 0 Å². The van der Waals surface area contributed by atoms with Crippen LogP contribution in [0.15, 0.2) is 18.3 Å². The van der Waals surface area contributed by atoms with E-state index in [2.05, 4.69) is 27.1 Å². The van der Waals surface area contributed by atoms with Crippen LogP contribution in [0.2, 0.25) is 0 Å². The van der Waals surface area contributed by atoms with Gasteiger partial charge in [-0.3, -0.25) is 4.79 Å². The molecule has 3 N–H and O–H groups in total. The third-order valence-corrected chi connectivity index (χ3v) is 3.52. The summed E-state index contributed by atoms with van der Waals surface area (Å²) in [6.07, 6.45) is 1.79. The number of carbonyl (C=O) groups is 1. The van der Waals surface area contributed by atoms with Gasteiger partial charge in [0.25, 0.3) is 0 Å². The molecule has 0 radical (unpaired) electrons. The Bertz CT molecular complexity index is 460. The molecule has 7 heteroatoms. The van der Waals surface area contributed by atoms with Crippen LogP contribution in [0.1, 0.15) is 12.5 Å². The monoisotopic (exact) mass is 313 g/mol. The number of carbonyl (C=O) groups excluding carboxylic acids is 1. The minimum atomic E-state index is -0.478. The predicted molar refractivity (Wildman–Crippen MR) is 86.7 cm³/mol. The SMILES string of the molecule is CC(N)C(=O)NCc1ccnc(N2CCN(C)CC2)c1.Cl. The van der Waals surface area contributed by atoms with Gasteiger partial charge < -0.3 is 20.9 Å². The molecular formula is C14H24ClN5O. The number of anilines is 1. The predicted octanol–water partition coefficient (Wildman–Crippen LogP) is 0.219. The maximum atomic E-state index is 11.5. The number of aromatic nitrogens is 1. The summed E-state index contributed by atoms with van der Waals surface area (Å²) in [5.74, 6) is 0.841. The van der Waals surface area contributed by atoms with Crippen molar-refractivity contribution < 1.29 is 4.79 Å². The molecule has 2 rings (SSSR count).